The smallest absolute Gasteiger partial charge is 0.0541 e. The van der Waals surface area contributed by atoms with E-state index in [1.54, 1.807) is 0 Å². The monoisotopic (exact) mass is 700 g/mol. The number of nitrogens with zero attached hydrogens (tertiary/aromatic N) is 1. The molecule has 0 fully saturated rings. The molecule has 0 amide bonds. The molecule has 0 aliphatic carbocycles. The molecule has 2 nitrogen and oxygen atoms in total. The minimum atomic E-state index is 1.07. The Bertz CT molecular complexity index is 2470. The summed E-state index contributed by atoms with van der Waals surface area (Å²) in [5.41, 5.74) is 15.6. The summed E-state index contributed by atoms with van der Waals surface area (Å²) in [5, 5.41) is 6.09. The molecule has 1 N–H and O–H groups in total. The maximum atomic E-state index is 3.92. The normalized spacial score (nSPS) is 11.3. The van der Waals surface area contributed by atoms with E-state index in [9.17, 15) is 0 Å². The zero-order chi connectivity index (χ0) is 36.7. The van der Waals surface area contributed by atoms with Gasteiger partial charge in [0, 0.05) is 27.8 Å². The molecule has 266 valence electrons. The van der Waals surface area contributed by atoms with Crippen molar-refractivity contribution in [3.05, 3.63) is 181 Å². The summed E-state index contributed by atoms with van der Waals surface area (Å²) in [6.07, 6.45) is 11.1. The molecule has 0 aliphatic rings. The van der Waals surface area contributed by atoms with Gasteiger partial charge in [0.25, 0.3) is 0 Å². The minimum absolute atomic E-state index is 1.07. The topological polar surface area (TPSA) is 17.0 Å². The fourth-order valence-corrected chi connectivity index (χ4v) is 7.68. The first-order valence-electron chi connectivity index (χ1n) is 19.6. The standard InChI is InChI=1S/C52H48N2/c1-3-5-6-7-8-10-13-39-18-22-40(23-19-39)41-24-30-46(31-25-41)53-47-32-26-43(27-33-47)45-29-35-52-50(37-45)49-36-44(42-20-16-38(4-2)17-21-42)28-34-51(49)54(52)48-14-11-9-12-15-48/h4,9,11-12,14-37,53H,2-3,5-8,10,13H2,1H3. The SMILES string of the molecule is C=Cc1ccc(-c2ccc3c(c2)c2cc(-c4ccc(Nc5ccc(-c6ccc(CCCCCCCC)cc6)cc5)cc4)ccc2n3-c2ccccc2)cc1. The fourth-order valence-electron chi connectivity index (χ4n) is 7.68. The van der Waals surface area contributed by atoms with Crippen LogP contribution in [-0.2, 0) is 6.42 Å². The number of fused-ring (bicyclic) bond motifs is 3. The highest BCUT2D eigenvalue weighted by atomic mass is 15.0. The maximum absolute atomic E-state index is 3.92. The summed E-state index contributed by atoms with van der Waals surface area (Å²) in [6, 6.07) is 59.7. The molecule has 0 saturated carbocycles. The Balaban J connectivity index is 1.000. The second-order valence-electron chi connectivity index (χ2n) is 14.5. The van der Waals surface area contributed by atoms with E-state index in [0.717, 1.165) is 22.6 Å². The number of para-hydroxylation sites is 1. The van der Waals surface area contributed by atoms with Gasteiger partial charge in [-0.15, -0.1) is 0 Å². The van der Waals surface area contributed by atoms with E-state index in [1.165, 1.54) is 106 Å². The number of benzene rings is 7. The van der Waals surface area contributed by atoms with Gasteiger partial charge in [-0.05, 0) is 118 Å². The first kappa shape index (κ1) is 34.9. The molecule has 1 aromatic heterocycles. The Kier molecular flexibility index (Phi) is 10.5. The van der Waals surface area contributed by atoms with Crippen LogP contribution in [0.4, 0.5) is 11.4 Å². The van der Waals surface area contributed by atoms with Crippen LogP contribution in [0.15, 0.2) is 170 Å². The van der Waals surface area contributed by atoms with Crippen LogP contribution in [0.5, 0.6) is 0 Å². The predicted molar refractivity (Wildman–Crippen MR) is 234 cm³/mol. The van der Waals surface area contributed by atoms with Crippen molar-refractivity contribution >= 4 is 39.3 Å². The van der Waals surface area contributed by atoms with E-state index in [0.29, 0.717) is 0 Å². The van der Waals surface area contributed by atoms with Crippen molar-refractivity contribution in [1.82, 2.24) is 4.57 Å². The van der Waals surface area contributed by atoms with Gasteiger partial charge in [0.2, 0.25) is 0 Å². The highest BCUT2D eigenvalue weighted by molar-refractivity contribution is 6.11. The number of hydrogen-bond donors (Lipinski definition) is 1. The van der Waals surface area contributed by atoms with Crippen LogP contribution in [0.1, 0.15) is 56.6 Å². The summed E-state index contributed by atoms with van der Waals surface area (Å²) in [4.78, 5) is 0. The fraction of sp³-hybridized carbons (Fsp3) is 0.154. The molecule has 1 heterocycles. The molecule has 2 heteroatoms. The van der Waals surface area contributed by atoms with Crippen molar-refractivity contribution in [3.63, 3.8) is 0 Å². The van der Waals surface area contributed by atoms with Crippen LogP contribution in [0.25, 0.3) is 66.9 Å². The van der Waals surface area contributed by atoms with Gasteiger partial charge in [0.1, 0.15) is 0 Å². The average Bonchev–Trinajstić information content (AvgIpc) is 3.56. The van der Waals surface area contributed by atoms with E-state index in [1.807, 2.05) is 6.08 Å². The van der Waals surface area contributed by atoms with Gasteiger partial charge < -0.3 is 9.88 Å². The lowest BCUT2D eigenvalue weighted by Gasteiger charge is -2.10. The van der Waals surface area contributed by atoms with Gasteiger partial charge in [-0.1, -0.05) is 155 Å². The van der Waals surface area contributed by atoms with Crippen molar-refractivity contribution in [2.45, 2.75) is 51.9 Å². The van der Waals surface area contributed by atoms with Crippen LogP contribution in [-0.4, -0.2) is 4.57 Å². The Labute approximate surface area is 320 Å². The van der Waals surface area contributed by atoms with Crippen molar-refractivity contribution in [2.75, 3.05) is 5.32 Å². The molecular weight excluding hydrogens is 653 g/mol. The van der Waals surface area contributed by atoms with Crippen molar-refractivity contribution in [2.24, 2.45) is 0 Å². The Morgan fingerprint density at radius 3 is 1.48 bits per heavy atom. The minimum Gasteiger partial charge on any atom is -0.356 e. The van der Waals surface area contributed by atoms with Gasteiger partial charge >= 0.3 is 0 Å². The number of nitrogens with one attached hydrogen (secondary N) is 1. The summed E-state index contributed by atoms with van der Waals surface area (Å²) >= 11 is 0. The number of aromatic nitrogens is 1. The molecule has 0 bridgehead atoms. The highest BCUT2D eigenvalue weighted by Gasteiger charge is 2.15. The molecule has 7 aromatic carbocycles. The first-order chi connectivity index (χ1) is 26.7. The van der Waals surface area contributed by atoms with E-state index in [4.69, 9.17) is 0 Å². The molecule has 0 spiro atoms. The molecule has 0 atom stereocenters. The second kappa shape index (κ2) is 16.3. The Hall–Kier alpha value is -6.12. The van der Waals surface area contributed by atoms with E-state index in [2.05, 4.69) is 187 Å². The van der Waals surface area contributed by atoms with Crippen LogP contribution >= 0.6 is 0 Å². The lowest BCUT2D eigenvalue weighted by Crippen LogP contribution is -1.93. The van der Waals surface area contributed by atoms with E-state index < -0.39 is 0 Å². The maximum Gasteiger partial charge on any atom is 0.0541 e. The van der Waals surface area contributed by atoms with Crippen molar-refractivity contribution in [3.8, 4) is 39.1 Å². The Morgan fingerprint density at radius 2 is 0.944 bits per heavy atom. The number of hydrogen-bond acceptors (Lipinski definition) is 1. The number of aryl methyl sites for hydroxylation is 1. The lowest BCUT2D eigenvalue weighted by atomic mass is 9.99. The predicted octanol–water partition coefficient (Wildman–Crippen LogP) is 15.1. The van der Waals surface area contributed by atoms with Gasteiger partial charge in [-0.3, -0.25) is 0 Å². The third-order valence-electron chi connectivity index (χ3n) is 10.8. The van der Waals surface area contributed by atoms with Gasteiger partial charge in [-0.25, -0.2) is 0 Å². The van der Waals surface area contributed by atoms with Gasteiger partial charge in [0.15, 0.2) is 0 Å². The molecule has 0 saturated heterocycles. The molecule has 0 unspecified atom stereocenters. The zero-order valence-corrected chi connectivity index (χ0v) is 31.3. The molecule has 0 radical (unpaired) electrons. The third-order valence-corrected chi connectivity index (χ3v) is 10.8. The van der Waals surface area contributed by atoms with Crippen LogP contribution < -0.4 is 5.32 Å². The number of anilines is 2. The molecule has 54 heavy (non-hydrogen) atoms. The zero-order valence-electron chi connectivity index (χ0n) is 31.3. The van der Waals surface area contributed by atoms with Crippen LogP contribution in [0, 0.1) is 0 Å². The summed E-state index contributed by atoms with van der Waals surface area (Å²) in [6.45, 7) is 6.19. The summed E-state index contributed by atoms with van der Waals surface area (Å²) in [5.74, 6) is 0. The molecule has 0 aliphatic heterocycles. The second-order valence-corrected chi connectivity index (χ2v) is 14.5. The van der Waals surface area contributed by atoms with Gasteiger partial charge in [-0.2, -0.15) is 0 Å². The molecular formula is C52H48N2. The van der Waals surface area contributed by atoms with E-state index >= 15 is 0 Å². The quantitative estimate of drug-likeness (QED) is 0.112. The number of rotatable bonds is 14. The average molecular weight is 701 g/mol. The largest absolute Gasteiger partial charge is 0.356 e. The first-order valence-corrected chi connectivity index (χ1v) is 19.6. The number of unbranched alkanes of at least 4 members (excludes halogenated alkanes) is 5. The summed E-state index contributed by atoms with van der Waals surface area (Å²) < 4.78 is 2.38. The molecule has 8 rings (SSSR count). The third kappa shape index (κ3) is 7.65. The van der Waals surface area contributed by atoms with Crippen molar-refractivity contribution < 1.29 is 0 Å². The van der Waals surface area contributed by atoms with Crippen molar-refractivity contribution in [1.29, 1.82) is 0 Å². The lowest BCUT2D eigenvalue weighted by molar-refractivity contribution is 0.607. The molecule has 8 aromatic rings. The van der Waals surface area contributed by atoms with Gasteiger partial charge in [0.05, 0.1) is 11.0 Å². The Morgan fingerprint density at radius 1 is 0.481 bits per heavy atom. The highest BCUT2D eigenvalue weighted by Crippen LogP contribution is 2.37. The van der Waals surface area contributed by atoms with Crippen LogP contribution in [0.2, 0.25) is 0 Å². The summed E-state index contributed by atoms with van der Waals surface area (Å²) in [7, 11) is 0. The van der Waals surface area contributed by atoms with E-state index in [-0.39, 0.29) is 0 Å². The van der Waals surface area contributed by atoms with Crippen LogP contribution in [0.3, 0.4) is 0 Å².